The van der Waals surface area contributed by atoms with Crippen LogP contribution < -0.4 is 4.74 Å². The maximum Gasteiger partial charge on any atom is 0.387 e. The molecule has 0 saturated heterocycles. The van der Waals surface area contributed by atoms with Gasteiger partial charge < -0.3 is 4.74 Å². The van der Waals surface area contributed by atoms with Crippen LogP contribution in [0.5, 0.6) is 5.75 Å². The molecule has 17 heavy (non-hydrogen) atoms. The maximum atomic E-state index is 12.1. The van der Waals surface area contributed by atoms with E-state index in [1.807, 2.05) is 0 Å². The van der Waals surface area contributed by atoms with E-state index in [1.54, 1.807) is 18.2 Å². The van der Waals surface area contributed by atoms with Crippen molar-refractivity contribution in [2.24, 2.45) is 0 Å². The van der Waals surface area contributed by atoms with E-state index in [1.165, 1.54) is 18.2 Å². The number of alkyl halides is 2. The molecule has 0 unspecified atom stereocenters. The highest BCUT2D eigenvalue weighted by atomic mass is 35.5. The fourth-order valence-corrected chi connectivity index (χ4v) is 1.76. The van der Waals surface area contributed by atoms with Gasteiger partial charge >= 0.3 is 6.61 Å². The van der Waals surface area contributed by atoms with Gasteiger partial charge in [0.25, 0.3) is 5.24 Å². The third kappa shape index (κ3) is 2.53. The predicted octanol–water partition coefficient (Wildman–Crippen LogP) is 3.82. The summed E-state index contributed by atoms with van der Waals surface area (Å²) in [6.07, 6.45) is 0. The highest BCUT2D eigenvalue weighted by molar-refractivity contribution is 6.68. The van der Waals surface area contributed by atoms with E-state index in [0.717, 1.165) is 5.39 Å². The third-order valence-electron chi connectivity index (χ3n) is 2.29. The summed E-state index contributed by atoms with van der Waals surface area (Å²) in [7, 11) is 0. The summed E-state index contributed by atoms with van der Waals surface area (Å²) in [5.74, 6) is -0.00198. The predicted molar refractivity (Wildman–Crippen MR) is 60.8 cm³/mol. The molecule has 0 bridgehead atoms. The van der Waals surface area contributed by atoms with Crippen molar-refractivity contribution < 1.29 is 18.3 Å². The Morgan fingerprint density at radius 1 is 1.24 bits per heavy atom. The minimum Gasteiger partial charge on any atom is -0.435 e. The summed E-state index contributed by atoms with van der Waals surface area (Å²) in [6, 6.07) is 9.34. The average molecular weight is 257 g/mol. The van der Waals surface area contributed by atoms with E-state index in [-0.39, 0.29) is 11.3 Å². The Kier molecular flexibility index (Phi) is 3.24. The first-order valence-electron chi connectivity index (χ1n) is 4.75. The summed E-state index contributed by atoms with van der Waals surface area (Å²) < 4.78 is 28.4. The summed E-state index contributed by atoms with van der Waals surface area (Å²) >= 11 is 5.41. The fraction of sp³-hybridized carbons (Fsp3) is 0.0833. The number of ether oxygens (including phenoxy) is 1. The molecular formula is C12H7ClF2O2. The van der Waals surface area contributed by atoms with E-state index >= 15 is 0 Å². The van der Waals surface area contributed by atoms with Gasteiger partial charge in [0.05, 0.1) is 0 Å². The molecule has 0 aliphatic carbocycles. The van der Waals surface area contributed by atoms with Gasteiger partial charge in [-0.1, -0.05) is 18.2 Å². The molecule has 88 valence electrons. The number of hydrogen-bond acceptors (Lipinski definition) is 2. The normalized spacial score (nSPS) is 10.8. The van der Waals surface area contributed by atoms with Crippen molar-refractivity contribution in [1.82, 2.24) is 0 Å². The van der Waals surface area contributed by atoms with Crippen LogP contribution in [0.1, 0.15) is 10.4 Å². The molecule has 2 rings (SSSR count). The monoisotopic (exact) mass is 256 g/mol. The topological polar surface area (TPSA) is 26.3 Å². The highest BCUT2D eigenvalue weighted by Crippen LogP contribution is 2.26. The maximum absolute atomic E-state index is 12.1. The van der Waals surface area contributed by atoms with Crippen LogP contribution in [0.25, 0.3) is 10.8 Å². The van der Waals surface area contributed by atoms with Crippen molar-refractivity contribution in [2.45, 2.75) is 6.61 Å². The third-order valence-corrected chi connectivity index (χ3v) is 2.49. The van der Waals surface area contributed by atoms with Crippen molar-refractivity contribution in [3.63, 3.8) is 0 Å². The van der Waals surface area contributed by atoms with Gasteiger partial charge in [-0.3, -0.25) is 4.79 Å². The molecular weight excluding hydrogens is 250 g/mol. The molecule has 0 atom stereocenters. The van der Waals surface area contributed by atoms with Gasteiger partial charge in [0.1, 0.15) is 5.75 Å². The fourth-order valence-electron chi connectivity index (χ4n) is 1.60. The molecule has 5 heteroatoms. The van der Waals surface area contributed by atoms with Crippen LogP contribution in [0.4, 0.5) is 8.78 Å². The van der Waals surface area contributed by atoms with Crippen molar-refractivity contribution in [3.8, 4) is 5.75 Å². The lowest BCUT2D eigenvalue weighted by Gasteiger charge is -2.07. The molecule has 0 aromatic heterocycles. The van der Waals surface area contributed by atoms with Crippen molar-refractivity contribution in [2.75, 3.05) is 0 Å². The Bertz CT molecular complexity index is 569. The van der Waals surface area contributed by atoms with Crippen LogP contribution >= 0.6 is 11.6 Å². The standard InChI is InChI=1S/C12H7ClF2O2/c13-11(16)9-3-1-2-7-4-5-8(6-10(7)9)17-12(14)15/h1-6,12H. The summed E-state index contributed by atoms with van der Waals surface area (Å²) in [5.41, 5.74) is 0.267. The molecule has 2 nitrogen and oxygen atoms in total. The first-order valence-corrected chi connectivity index (χ1v) is 5.13. The molecule has 0 heterocycles. The van der Waals surface area contributed by atoms with Gasteiger partial charge in [0.2, 0.25) is 0 Å². The first-order chi connectivity index (χ1) is 8.08. The molecule has 0 spiro atoms. The Hall–Kier alpha value is -1.68. The number of rotatable bonds is 3. The lowest BCUT2D eigenvalue weighted by molar-refractivity contribution is -0.0497. The van der Waals surface area contributed by atoms with Crippen molar-refractivity contribution >= 4 is 27.6 Å². The van der Waals surface area contributed by atoms with E-state index in [9.17, 15) is 13.6 Å². The molecule has 2 aromatic carbocycles. The SMILES string of the molecule is O=C(Cl)c1cccc2ccc(OC(F)F)cc12. The van der Waals surface area contributed by atoms with Crippen molar-refractivity contribution in [3.05, 3.63) is 42.0 Å². The van der Waals surface area contributed by atoms with Gasteiger partial charge in [-0.25, -0.2) is 0 Å². The molecule has 2 aromatic rings. The lowest BCUT2D eigenvalue weighted by Crippen LogP contribution is -2.02. The molecule has 0 N–H and O–H groups in total. The number of carbonyl (C=O) groups excluding carboxylic acids is 1. The van der Waals surface area contributed by atoms with Gasteiger partial charge in [0, 0.05) is 5.56 Å². The lowest BCUT2D eigenvalue weighted by atomic mass is 10.1. The Morgan fingerprint density at radius 2 is 2.00 bits per heavy atom. The number of halogens is 3. The van der Waals surface area contributed by atoms with E-state index in [2.05, 4.69) is 4.74 Å². The largest absolute Gasteiger partial charge is 0.435 e. The molecule has 0 fully saturated rings. The quantitative estimate of drug-likeness (QED) is 0.781. The highest BCUT2D eigenvalue weighted by Gasteiger charge is 2.10. The zero-order valence-corrected chi connectivity index (χ0v) is 9.25. The minimum atomic E-state index is -2.90. The van der Waals surface area contributed by atoms with E-state index in [4.69, 9.17) is 11.6 Å². The van der Waals surface area contributed by atoms with Gasteiger partial charge in [-0.15, -0.1) is 0 Å². The molecule has 0 saturated carbocycles. The molecule has 0 amide bonds. The minimum absolute atomic E-state index is 0.00198. The van der Waals surface area contributed by atoms with E-state index in [0.29, 0.717) is 5.39 Å². The summed E-state index contributed by atoms with van der Waals surface area (Å²) in [6.45, 7) is -2.90. The van der Waals surface area contributed by atoms with Crippen LogP contribution in [0.3, 0.4) is 0 Å². The number of carbonyl (C=O) groups is 1. The first kappa shape index (κ1) is 11.8. The van der Waals surface area contributed by atoms with Gasteiger partial charge in [-0.05, 0) is 40.6 Å². The Balaban J connectivity index is 2.57. The molecule has 0 radical (unpaired) electrons. The van der Waals surface area contributed by atoms with E-state index < -0.39 is 11.9 Å². The second-order valence-corrected chi connectivity index (χ2v) is 3.68. The number of hydrogen-bond donors (Lipinski definition) is 0. The van der Waals surface area contributed by atoms with Crippen LogP contribution in [-0.4, -0.2) is 11.9 Å². The number of fused-ring (bicyclic) bond motifs is 1. The second-order valence-electron chi connectivity index (χ2n) is 3.34. The van der Waals surface area contributed by atoms with Crippen LogP contribution in [0.15, 0.2) is 36.4 Å². The van der Waals surface area contributed by atoms with Gasteiger partial charge in [0.15, 0.2) is 0 Å². The van der Waals surface area contributed by atoms with Crippen LogP contribution in [-0.2, 0) is 0 Å². The zero-order chi connectivity index (χ0) is 12.4. The van der Waals surface area contributed by atoms with Gasteiger partial charge in [-0.2, -0.15) is 8.78 Å². The van der Waals surface area contributed by atoms with Crippen LogP contribution in [0.2, 0.25) is 0 Å². The van der Waals surface area contributed by atoms with Crippen molar-refractivity contribution in [1.29, 1.82) is 0 Å². The second kappa shape index (κ2) is 4.67. The molecule has 0 aliphatic rings. The summed E-state index contributed by atoms with van der Waals surface area (Å²) in [4.78, 5) is 11.2. The van der Waals surface area contributed by atoms with Crippen LogP contribution in [0, 0.1) is 0 Å². The average Bonchev–Trinajstić information content (AvgIpc) is 2.27. The smallest absolute Gasteiger partial charge is 0.387 e. The Labute approximate surface area is 101 Å². The zero-order valence-electron chi connectivity index (χ0n) is 8.49. The molecule has 0 aliphatic heterocycles. The Morgan fingerprint density at radius 3 is 2.65 bits per heavy atom. The summed E-state index contributed by atoms with van der Waals surface area (Å²) in [5, 5.41) is 0.591. The number of benzene rings is 2.